The maximum atomic E-state index is 5.68. The molecule has 3 nitrogen and oxygen atoms in total. The molecule has 0 aliphatic carbocycles. The van der Waals surface area contributed by atoms with Gasteiger partial charge in [-0.3, -0.25) is 4.68 Å². The zero-order valence-electron chi connectivity index (χ0n) is 11.9. The molecule has 0 aliphatic rings. The van der Waals surface area contributed by atoms with Crippen molar-refractivity contribution in [3.63, 3.8) is 0 Å². The third-order valence-corrected chi connectivity index (χ3v) is 3.35. The first-order valence-electron chi connectivity index (χ1n) is 6.56. The van der Waals surface area contributed by atoms with Crippen LogP contribution >= 0.6 is 0 Å². The van der Waals surface area contributed by atoms with Crippen molar-refractivity contribution < 1.29 is 4.42 Å². The number of hydrogen-bond donors (Lipinski definition) is 0. The van der Waals surface area contributed by atoms with E-state index in [0.29, 0.717) is 11.8 Å². The highest BCUT2D eigenvalue weighted by atomic mass is 16.3. The van der Waals surface area contributed by atoms with Crippen molar-refractivity contribution in [3.8, 4) is 0 Å². The molecular weight excluding hydrogens is 224 g/mol. The number of furan rings is 1. The van der Waals surface area contributed by atoms with Crippen molar-refractivity contribution in [3.05, 3.63) is 41.1 Å². The van der Waals surface area contributed by atoms with Crippen LogP contribution in [0.25, 0.3) is 0 Å². The van der Waals surface area contributed by atoms with E-state index >= 15 is 0 Å². The lowest BCUT2D eigenvalue weighted by molar-refractivity contribution is 0.448. The van der Waals surface area contributed by atoms with Crippen molar-refractivity contribution in [2.45, 2.75) is 46.0 Å². The van der Waals surface area contributed by atoms with Crippen LogP contribution in [0.2, 0.25) is 0 Å². The van der Waals surface area contributed by atoms with E-state index in [2.05, 4.69) is 38.0 Å². The zero-order valence-corrected chi connectivity index (χ0v) is 11.9. The van der Waals surface area contributed by atoms with Gasteiger partial charge >= 0.3 is 0 Å². The van der Waals surface area contributed by atoms with E-state index in [-0.39, 0.29) is 0 Å². The monoisotopic (exact) mass is 246 g/mol. The molecule has 98 valence electrons. The van der Waals surface area contributed by atoms with E-state index < -0.39 is 0 Å². The van der Waals surface area contributed by atoms with Gasteiger partial charge in [0, 0.05) is 18.7 Å². The van der Waals surface area contributed by atoms with Gasteiger partial charge in [0.1, 0.15) is 11.5 Å². The van der Waals surface area contributed by atoms with Gasteiger partial charge in [0.15, 0.2) is 0 Å². The standard InChI is InChI=1S/C15H22N2O/c1-10(2)14-9-13(17(5)16-14)8-11(3)15-7-6-12(4)18-15/h6-7,9-11H,8H2,1-5H3. The maximum Gasteiger partial charge on any atom is 0.107 e. The molecule has 1 atom stereocenters. The smallest absolute Gasteiger partial charge is 0.107 e. The molecule has 2 heterocycles. The summed E-state index contributed by atoms with van der Waals surface area (Å²) in [6.07, 6.45) is 0.961. The highest BCUT2D eigenvalue weighted by molar-refractivity contribution is 5.17. The Labute approximate surface area is 109 Å². The molecular formula is C15H22N2O. The molecule has 0 amide bonds. The molecule has 2 aromatic rings. The Morgan fingerprint density at radius 3 is 2.50 bits per heavy atom. The number of nitrogens with zero attached hydrogens (tertiary/aromatic N) is 2. The van der Waals surface area contributed by atoms with Crippen LogP contribution in [0, 0.1) is 6.92 Å². The van der Waals surface area contributed by atoms with Crippen LogP contribution in [0.4, 0.5) is 0 Å². The molecule has 3 heteroatoms. The average Bonchev–Trinajstić information content (AvgIpc) is 2.86. The average molecular weight is 246 g/mol. The number of aromatic nitrogens is 2. The van der Waals surface area contributed by atoms with Crippen molar-refractivity contribution in [2.75, 3.05) is 0 Å². The molecule has 0 saturated heterocycles. The molecule has 0 N–H and O–H groups in total. The number of hydrogen-bond acceptors (Lipinski definition) is 2. The van der Waals surface area contributed by atoms with Crippen LogP contribution in [0.5, 0.6) is 0 Å². The minimum atomic E-state index is 0.383. The second kappa shape index (κ2) is 5.01. The van der Waals surface area contributed by atoms with E-state index in [9.17, 15) is 0 Å². The van der Waals surface area contributed by atoms with Gasteiger partial charge in [-0.2, -0.15) is 5.10 Å². The van der Waals surface area contributed by atoms with Crippen LogP contribution in [-0.2, 0) is 13.5 Å². The van der Waals surface area contributed by atoms with Crippen molar-refractivity contribution in [1.82, 2.24) is 9.78 Å². The summed E-state index contributed by atoms with van der Waals surface area (Å²) in [5.41, 5.74) is 2.43. The van der Waals surface area contributed by atoms with Gasteiger partial charge in [0.2, 0.25) is 0 Å². The predicted octanol–water partition coefficient (Wildman–Crippen LogP) is 3.79. The Balaban J connectivity index is 2.14. The Hall–Kier alpha value is -1.51. The van der Waals surface area contributed by atoms with Crippen LogP contribution in [0.15, 0.2) is 22.6 Å². The number of aryl methyl sites for hydroxylation is 2. The maximum absolute atomic E-state index is 5.68. The fraction of sp³-hybridized carbons (Fsp3) is 0.533. The van der Waals surface area contributed by atoms with E-state index in [1.807, 2.05) is 24.7 Å². The quantitative estimate of drug-likeness (QED) is 0.821. The summed E-state index contributed by atoms with van der Waals surface area (Å²) >= 11 is 0. The summed E-state index contributed by atoms with van der Waals surface area (Å²) in [4.78, 5) is 0. The summed E-state index contributed by atoms with van der Waals surface area (Å²) in [6, 6.07) is 6.30. The summed E-state index contributed by atoms with van der Waals surface area (Å²) in [5.74, 6) is 2.89. The van der Waals surface area contributed by atoms with Crippen LogP contribution in [-0.4, -0.2) is 9.78 Å². The first-order chi connectivity index (χ1) is 8.47. The van der Waals surface area contributed by atoms with Crippen molar-refractivity contribution in [2.24, 2.45) is 7.05 Å². The molecule has 18 heavy (non-hydrogen) atoms. The third kappa shape index (κ3) is 2.66. The van der Waals surface area contributed by atoms with Crippen molar-refractivity contribution >= 4 is 0 Å². The van der Waals surface area contributed by atoms with Gasteiger partial charge in [0.25, 0.3) is 0 Å². The van der Waals surface area contributed by atoms with Gasteiger partial charge in [-0.15, -0.1) is 0 Å². The minimum absolute atomic E-state index is 0.383. The zero-order chi connectivity index (χ0) is 13.3. The van der Waals surface area contributed by atoms with Gasteiger partial charge in [0.05, 0.1) is 5.69 Å². The lowest BCUT2D eigenvalue weighted by Gasteiger charge is -2.08. The SMILES string of the molecule is Cc1ccc(C(C)Cc2cc(C(C)C)nn2C)o1. The van der Waals surface area contributed by atoms with Gasteiger partial charge in [-0.1, -0.05) is 20.8 Å². The molecule has 0 bridgehead atoms. The highest BCUT2D eigenvalue weighted by Crippen LogP contribution is 2.23. The Bertz CT molecular complexity index is 522. The molecule has 0 fully saturated rings. The molecule has 0 saturated carbocycles. The van der Waals surface area contributed by atoms with Crippen LogP contribution in [0.3, 0.4) is 0 Å². The third-order valence-electron chi connectivity index (χ3n) is 3.35. The second-order valence-electron chi connectivity index (χ2n) is 5.39. The Morgan fingerprint density at radius 1 is 1.28 bits per heavy atom. The summed E-state index contributed by atoms with van der Waals surface area (Å²) in [6.45, 7) is 8.52. The van der Waals surface area contributed by atoms with Gasteiger partial charge in [-0.05, 0) is 37.5 Å². The molecule has 2 rings (SSSR count). The fourth-order valence-electron chi connectivity index (χ4n) is 2.14. The first kappa shape index (κ1) is 12.9. The summed E-state index contributed by atoms with van der Waals surface area (Å²) in [5, 5.41) is 4.55. The molecule has 0 aromatic carbocycles. The van der Waals surface area contributed by atoms with Crippen LogP contribution in [0.1, 0.15) is 55.5 Å². The van der Waals surface area contributed by atoms with Gasteiger partial charge in [-0.25, -0.2) is 0 Å². The Morgan fingerprint density at radius 2 is 2.00 bits per heavy atom. The second-order valence-corrected chi connectivity index (χ2v) is 5.39. The van der Waals surface area contributed by atoms with E-state index in [1.54, 1.807) is 0 Å². The first-order valence-corrected chi connectivity index (χ1v) is 6.56. The predicted molar refractivity (Wildman–Crippen MR) is 72.9 cm³/mol. The minimum Gasteiger partial charge on any atom is -0.466 e. The molecule has 0 radical (unpaired) electrons. The van der Waals surface area contributed by atoms with E-state index in [0.717, 1.165) is 23.6 Å². The summed E-state index contributed by atoms with van der Waals surface area (Å²) < 4.78 is 7.67. The van der Waals surface area contributed by atoms with Gasteiger partial charge < -0.3 is 4.42 Å². The normalized spacial score (nSPS) is 13.2. The largest absolute Gasteiger partial charge is 0.466 e. The molecule has 1 unspecified atom stereocenters. The molecule has 0 spiro atoms. The Kier molecular flexibility index (Phi) is 3.60. The molecule has 2 aromatic heterocycles. The lowest BCUT2D eigenvalue weighted by Crippen LogP contribution is -2.03. The van der Waals surface area contributed by atoms with Crippen LogP contribution < -0.4 is 0 Å². The fourth-order valence-corrected chi connectivity index (χ4v) is 2.14. The number of rotatable bonds is 4. The highest BCUT2D eigenvalue weighted by Gasteiger charge is 2.14. The van der Waals surface area contributed by atoms with Crippen molar-refractivity contribution in [1.29, 1.82) is 0 Å². The summed E-state index contributed by atoms with van der Waals surface area (Å²) in [7, 11) is 2.02. The van der Waals surface area contributed by atoms with E-state index in [1.165, 1.54) is 5.69 Å². The molecule has 0 aliphatic heterocycles. The van der Waals surface area contributed by atoms with E-state index in [4.69, 9.17) is 4.42 Å². The lowest BCUT2D eigenvalue weighted by atomic mass is 10.0. The topological polar surface area (TPSA) is 31.0 Å².